The summed E-state index contributed by atoms with van der Waals surface area (Å²) in [5.41, 5.74) is 0.714. The van der Waals surface area contributed by atoms with Crippen molar-refractivity contribution in [3.63, 3.8) is 0 Å². The lowest BCUT2D eigenvalue weighted by atomic mass is 10.2. The van der Waals surface area contributed by atoms with Crippen LogP contribution in [0.15, 0.2) is 28.7 Å². The first kappa shape index (κ1) is 18.7. The fraction of sp³-hybridized carbons (Fsp3) is 0.529. The molecule has 0 bridgehead atoms. The maximum Gasteiger partial charge on any atom is 0.322 e. The maximum atomic E-state index is 12.4. The van der Waals surface area contributed by atoms with Gasteiger partial charge < -0.3 is 20.3 Å². The number of rotatable bonds is 7. The molecule has 1 aromatic rings. The van der Waals surface area contributed by atoms with Gasteiger partial charge >= 0.3 is 6.03 Å². The van der Waals surface area contributed by atoms with E-state index >= 15 is 0 Å². The van der Waals surface area contributed by atoms with Crippen LogP contribution in [0, 0.1) is 0 Å². The topological polar surface area (TPSA) is 70.7 Å². The molecule has 0 unspecified atom stereocenters. The number of amides is 3. The number of hydrogen-bond acceptors (Lipinski definition) is 3. The zero-order valence-electron chi connectivity index (χ0n) is 13.9. The number of nitrogens with one attached hydrogen (secondary N) is 2. The van der Waals surface area contributed by atoms with Crippen molar-refractivity contribution >= 4 is 33.6 Å². The molecule has 132 valence electrons. The second kappa shape index (κ2) is 9.64. The van der Waals surface area contributed by atoms with Crippen molar-refractivity contribution in [2.45, 2.75) is 32.2 Å². The maximum absolute atomic E-state index is 12.4. The monoisotopic (exact) mass is 397 g/mol. The second-order valence-electron chi connectivity index (χ2n) is 5.63. The lowest BCUT2D eigenvalue weighted by Gasteiger charge is -2.24. The summed E-state index contributed by atoms with van der Waals surface area (Å²) in [4.78, 5) is 26.4. The van der Waals surface area contributed by atoms with Gasteiger partial charge in [-0.2, -0.15) is 0 Å². The molecular weight excluding hydrogens is 374 g/mol. The minimum absolute atomic E-state index is 0.0880. The van der Waals surface area contributed by atoms with E-state index in [1.54, 1.807) is 4.90 Å². The summed E-state index contributed by atoms with van der Waals surface area (Å²) in [5.74, 6) is -0.0880. The number of ether oxygens (including phenoxy) is 1. The van der Waals surface area contributed by atoms with Gasteiger partial charge in [0.05, 0.1) is 0 Å². The summed E-state index contributed by atoms with van der Waals surface area (Å²) in [6.45, 7) is 4.42. The van der Waals surface area contributed by atoms with Crippen LogP contribution in [-0.4, -0.2) is 49.2 Å². The third-order valence-corrected chi connectivity index (χ3v) is 4.41. The van der Waals surface area contributed by atoms with Crippen LogP contribution >= 0.6 is 15.9 Å². The Balaban J connectivity index is 1.83. The first-order valence-electron chi connectivity index (χ1n) is 8.30. The zero-order chi connectivity index (χ0) is 17.4. The molecule has 0 saturated carbocycles. The van der Waals surface area contributed by atoms with E-state index in [-0.39, 0.29) is 11.9 Å². The van der Waals surface area contributed by atoms with Gasteiger partial charge in [-0.05, 0) is 50.5 Å². The molecule has 6 nitrogen and oxygen atoms in total. The molecule has 0 aromatic heterocycles. The number of benzene rings is 1. The summed E-state index contributed by atoms with van der Waals surface area (Å²) in [5, 5.41) is 5.74. The van der Waals surface area contributed by atoms with Crippen LogP contribution in [0.4, 0.5) is 10.5 Å². The first-order chi connectivity index (χ1) is 11.6. The summed E-state index contributed by atoms with van der Waals surface area (Å²) in [6, 6.07) is 6.74. The third-order valence-electron chi connectivity index (χ3n) is 3.88. The average molecular weight is 398 g/mol. The Morgan fingerprint density at radius 3 is 2.79 bits per heavy atom. The van der Waals surface area contributed by atoms with E-state index in [4.69, 9.17) is 4.74 Å². The van der Waals surface area contributed by atoms with Gasteiger partial charge in [-0.15, -0.1) is 0 Å². The molecule has 1 aliphatic heterocycles. The van der Waals surface area contributed by atoms with Crippen molar-refractivity contribution in [1.29, 1.82) is 0 Å². The van der Waals surface area contributed by atoms with E-state index in [9.17, 15) is 9.59 Å². The minimum Gasteiger partial charge on any atom is -0.382 e. The average Bonchev–Trinajstić information content (AvgIpc) is 3.06. The van der Waals surface area contributed by atoms with Crippen molar-refractivity contribution in [3.8, 4) is 0 Å². The van der Waals surface area contributed by atoms with Gasteiger partial charge in [0.2, 0.25) is 5.91 Å². The van der Waals surface area contributed by atoms with Crippen LogP contribution in [0.2, 0.25) is 0 Å². The highest BCUT2D eigenvalue weighted by atomic mass is 79.9. The Morgan fingerprint density at radius 1 is 1.33 bits per heavy atom. The highest BCUT2D eigenvalue weighted by molar-refractivity contribution is 9.10. The summed E-state index contributed by atoms with van der Waals surface area (Å²) in [7, 11) is 0. The van der Waals surface area contributed by atoms with Crippen LogP contribution < -0.4 is 10.6 Å². The Labute approximate surface area is 151 Å². The molecule has 0 aliphatic carbocycles. The predicted molar refractivity (Wildman–Crippen MR) is 97.0 cm³/mol. The van der Waals surface area contributed by atoms with Crippen molar-refractivity contribution in [2.75, 3.05) is 31.6 Å². The van der Waals surface area contributed by atoms with Crippen molar-refractivity contribution < 1.29 is 14.3 Å². The van der Waals surface area contributed by atoms with E-state index in [1.165, 1.54) is 0 Å². The van der Waals surface area contributed by atoms with E-state index < -0.39 is 6.04 Å². The second-order valence-corrected chi connectivity index (χ2v) is 6.55. The van der Waals surface area contributed by atoms with Gasteiger partial charge in [-0.25, -0.2) is 4.79 Å². The Morgan fingerprint density at radius 2 is 2.08 bits per heavy atom. The highest BCUT2D eigenvalue weighted by Crippen LogP contribution is 2.20. The third kappa shape index (κ3) is 5.49. The SMILES string of the molecule is CCOCCCNC(=O)[C@@H]1CCCN1C(=O)Nc1ccc(Br)cc1. The number of carbonyl (C=O) groups is 2. The standard InChI is InChI=1S/C17H24BrN3O3/c1-2-24-12-4-10-19-16(22)15-5-3-11-21(15)17(23)20-14-8-6-13(18)7-9-14/h6-9,15H,2-5,10-12H2,1H3,(H,19,22)(H,20,23)/t15-/m0/s1. The molecule has 1 aromatic carbocycles. The van der Waals surface area contributed by atoms with E-state index in [0.717, 1.165) is 17.3 Å². The Hall–Kier alpha value is -1.60. The molecule has 2 N–H and O–H groups in total. The number of urea groups is 1. The highest BCUT2D eigenvalue weighted by Gasteiger charge is 2.33. The number of anilines is 1. The normalized spacial score (nSPS) is 16.9. The largest absolute Gasteiger partial charge is 0.382 e. The van der Waals surface area contributed by atoms with Crippen molar-refractivity contribution in [1.82, 2.24) is 10.2 Å². The Bertz CT molecular complexity index is 551. The lowest BCUT2D eigenvalue weighted by molar-refractivity contribution is -0.124. The van der Waals surface area contributed by atoms with E-state index in [2.05, 4.69) is 26.6 Å². The summed E-state index contributed by atoms with van der Waals surface area (Å²) in [6.07, 6.45) is 2.31. The van der Waals surface area contributed by atoms with Gasteiger partial charge in [0.15, 0.2) is 0 Å². The van der Waals surface area contributed by atoms with Crippen LogP contribution in [0.5, 0.6) is 0 Å². The fourth-order valence-corrected chi connectivity index (χ4v) is 2.92. The van der Waals surface area contributed by atoms with Gasteiger partial charge in [0, 0.05) is 36.5 Å². The zero-order valence-corrected chi connectivity index (χ0v) is 15.5. The lowest BCUT2D eigenvalue weighted by Crippen LogP contribution is -2.47. The quantitative estimate of drug-likeness (QED) is 0.694. The van der Waals surface area contributed by atoms with Crippen molar-refractivity contribution in [3.05, 3.63) is 28.7 Å². The summed E-state index contributed by atoms with van der Waals surface area (Å²) >= 11 is 3.36. The molecule has 7 heteroatoms. The molecule has 24 heavy (non-hydrogen) atoms. The van der Waals surface area contributed by atoms with Crippen molar-refractivity contribution in [2.24, 2.45) is 0 Å². The smallest absolute Gasteiger partial charge is 0.322 e. The van der Waals surface area contributed by atoms with E-state index in [1.807, 2.05) is 31.2 Å². The van der Waals surface area contributed by atoms with Gasteiger partial charge in [-0.1, -0.05) is 15.9 Å². The number of nitrogens with zero attached hydrogens (tertiary/aromatic N) is 1. The first-order valence-corrected chi connectivity index (χ1v) is 9.09. The minimum atomic E-state index is -0.396. The molecule has 1 heterocycles. The van der Waals surface area contributed by atoms with Gasteiger partial charge in [0.25, 0.3) is 0 Å². The molecule has 1 aliphatic rings. The molecule has 0 spiro atoms. The molecular formula is C17H24BrN3O3. The predicted octanol–water partition coefficient (Wildman–Crippen LogP) is 2.99. The number of carbonyl (C=O) groups excluding carboxylic acids is 2. The van der Waals surface area contributed by atoms with E-state index in [0.29, 0.717) is 38.4 Å². The van der Waals surface area contributed by atoms with Crippen LogP contribution in [0.3, 0.4) is 0 Å². The molecule has 1 saturated heterocycles. The molecule has 1 atom stereocenters. The summed E-state index contributed by atoms with van der Waals surface area (Å²) < 4.78 is 6.20. The van der Waals surface area contributed by atoms with Crippen LogP contribution in [0.1, 0.15) is 26.2 Å². The van der Waals surface area contributed by atoms with Crippen LogP contribution in [-0.2, 0) is 9.53 Å². The molecule has 3 amide bonds. The fourth-order valence-electron chi connectivity index (χ4n) is 2.66. The number of hydrogen-bond donors (Lipinski definition) is 2. The van der Waals surface area contributed by atoms with Gasteiger partial charge in [-0.3, -0.25) is 4.79 Å². The number of halogens is 1. The van der Waals surface area contributed by atoms with Gasteiger partial charge in [0.1, 0.15) is 6.04 Å². The Kier molecular flexibility index (Phi) is 7.52. The van der Waals surface area contributed by atoms with Crippen LogP contribution in [0.25, 0.3) is 0 Å². The molecule has 2 rings (SSSR count). The molecule has 1 fully saturated rings. The molecule has 0 radical (unpaired) electrons. The number of likely N-dealkylation sites (tertiary alicyclic amines) is 1.